The number of nitrogens with one attached hydrogen (secondary N) is 2. The number of hydrogen-bond acceptors (Lipinski definition) is 7. The number of piperidine rings is 1. The molecular weight excluding hydrogens is 518 g/mol. The van der Waals surface area contributed by atoms with Crippen LogP contribution in [0.4, 0.5) is 28.0 Å². The Morgan fingerprint density at radius 1 is 1.18 bits per heavy atom. The average Bonchev–Trinajstić information content (AvgIpc) is 3.32. The third-order valence-electron chi connectivity index (χ3n) is 5.87. The van der Waals surface area contributed by atoms with E-state index in [0.717, 1.165) is 6.07 Å². The number of carbonyl (C=O) groups excluding carboxylic acids is 4. The van der Waals surface area contributed by atoms with Crippen LogP contribution in [-0.2, 0) is 27.4 Å². The van der Waals surface area contributed by atoms with Crippen molar-refractivity contribution in [2.75, 3.05) is 19.0 Å². The van der Waals surface area contributed by atoms with Gasteiger partial charge < -0.3 is 19.1 Å². The Balaban J connectivity index is 1.47. The van der Waals surface area contributed by atoms with Gasteiger partial charge in [-0.1, -0.05) is 0 Å². The van der Waals surface area contributed by atoms with Gasteiger partial charge in [-0.25, -0.2) is 9.18 Å². The molecule has 10 nitrogen and oxygen atoms in total. The average molecular weight is 539 g/mol. The first-order chi connectivity index (χ1) is 17.9. The van der Waals surface area contributed by atoms with Crippen molar-refractivity contribution < 1.29 is 51.0 Å². The van der Waals surface area contributed by atoms with Crippen LogP contribution >= 0.6 is 0 Å². The predicted molar refractivity (Wildman–Crippen MR) is 121 cm³/mol. The zero-order valence-corrected chi connectivity index (χ0v) is 19.8. The van der Waals surface area contributed by atoms with E-state index < -0.39 is 60.1 Å². The van der Waals surface area contributed by atoms with Gasteiger partial charge in [-0.05, 0) is 36.2 Å². The van der Waals surface area contributed by atoms with Crippen LogP contribution in [0.25, 0.3) is 0 Å². The largest absolute Gasteiger partial charge is 0.573 e. The molecule has 4 rings (SSSR count). The molecule has 0 bridgehead atoms. The molecule has 0 aliphatic carbocycles. The molecule has 2 N–H and O–H groups in total. The second-order valence-corrected chi connectivity index (χ2v) is 8.50. The van der Waals surface area contributed by atoms with E-state index in [9.17, 15) is 36.7 Å². The van der Waals surface area contributed by atoms with Crippen molar-refractivity contribution in [1.29, 1.82) is 0 Å². The molecule has 0 radical (unpaired) electrons. The lowest BCUT2D eigenvalue weighted by Crippen LogP contribution is -2.52. The molecule has 38 heavy (non-hydrogen) atoms. The predicted octanol–water partition coefficient (Wildman–Crippen LogP) is 3.29. The molecule has 2 aliphatic heterocycles. The number of amides is 4. The Labute approximate surface area is 212 Å². The summed E-state index contributed by atoms with van der Waals surface area (Å²) in [4.78, 5) is 50.2. The van der Waals surface area contributed by atoms with E-state index in [1.165, 1.54) is 18.0 Å². The van der Waals surface area contributed by atoms with Crippen molar-refractivity contribution in [2.45, 2.75) is 38.3 Å². The van der Waals surface area contributed by atoms with Crippen molar-refractivity contribution >= 4 is 29.5 Å². The maximum atomic E-state index is 14.0. The SMILES string of the molecule is CN(C(=O)c1cc2c(c(COC(=O)Nc3cc(OC(F)(F)F)ccc3F)c1)OCC2)C1CCC(=O)NC1=O. The lowest BCUT2D eigenvalue weighted by atomic mass is 10.0. The number of halogens is 4. The molecule has 1 fully saturated rings. The van der Waals surface area contributed by atoms with Crippen molar-refractivity contribution in [3.63, 3.8) is 0 Å². The minimum absolute atomic E-state index is 0.0894. The Morgan fingerprint density at radius 3 is 2.66 bits per heavy atom. The van der Waals surface area contributed by atoms with Crippen molar-refractivity contribution in [1.82, 2.24) is 10.2 Å². The zero-order valence-electron chi connectivity index (χ0n) is 19.8. The zero-order chi connectivity index (χ0) is 27.6. The highest BCUT2D eigenvalue weighted by molar-refractivity contribution is 6.03. The first kappa shape index (κ1) is 26.7. The molecule has 2 heterocycles. The second-order valence-electron chi connectivity index (χ2n) is 8.50. The van der Waals surface area contributed by atoms with E-state index in [1.54, 1.807) is 6.07 Å². The fraction of sp³-hybridized carbons (Fsp3) is 0.333. The third-order valence-corrected chi connectivity index (χ3v) is 5.87. The van der Waals surface area contributed by atoms with E-state index in [4.69, 9.17) is 9.47 Å². The van der Waals surface area contributed by atoms with Crippen LogP contribution in [0.15, 0.2) is 30.3 Å². The maximum Gasteiger partial charge on any atom is 0.573 e. The lowest BCUT2D eigenvalue weighted by molar-refractivity contribution is -0.274. The highest BCUT2D eigenvalue weighted by Crippen LogP contribution is 2.33. The van der Waals surface area contributed by atoms with Crippen LogP contribution in [-0.4, -0.2) is 54.8 Å². The van der Waals surface area contributed by atoms with Gasteiger partial charge in [0, 0.05) is 37.1 Å². The molecule has 0 saturated carbocycles. The number of benzene rings is 2. The van der Waals surface area contributed by atoms with Gasteiger partial charge in [0.25, 0.3) is 5.91 Å². The molecule has 2 aromatic carbocycles. The highest BCUT2D eigenvalue weighted by Gasteiger charge is 2.34. The topological polar surface area (TPSA) is 123 Å². The molecule has 4 amide bonds. The van der Waals surface area contributed by atoms with E-state index in [1.807, 2.05) is 5.32 Å². The number of anilines is 1. The number of nitrogens with zero attached hydrogens (tertiary/aromatic N) is 1. The fourth-order valence-electron chi connectivity index (χ4n) is 4.10. The molecule has 202 valence electrons. The number of carbonyl (C=O) groups is 4. The molecule has 2 aliphatic rings. The first-order valence-corrected chi connectivity index (χ1v) is 11.3. The standard InChI is InChI=1S/C24H21F4N3O7/c1-31(18-4-5-19(32)30-21(18)33)22(34)13-8-12-6-7-36-20(12)14(9-13)11-37-23(35)29-17-10-15(2-3-16(17)25)38-24(26,27)28/h2-3,8-10,18H,4-7,11H2,1H3,(H,29,35)(H,30,32,33). The van der Waals surface area contributed by atoms with Crippen LogP contribution in [0.3, 0.4) is 0 Å². The Morgan fingerprint density at radius 2 is 1.95 bits per heavy atom. The second kappa shape index (κ2) is 10.6. The molecule has 14 heteroatoms. The van der Waals surface area contributed by atoms with Gasteiger partial charge in [-0.15, -0.1) is 13.2 Å². The Kier molecular flexibility index (Phi) is 7.41. The normalized spacial score (nSPS) is 16.7. The van der Waals surface area contributed by atoms with Crippen molar-refractivity contribution in [3.05, 3.63) is 52.8 Å². The summed E-state index contributed by atoms with van der Waals surface area (Å²) >= 11 is 0. The van der Waals surface area contributed by atoms with Gasteiger partial charge in [-0.3, -0.25) is 25.0 Å². The maximum absolute atomic E-state index is 14.0. The Bertz CT molecular complexity index is 1300. The van der Waals surface area contributed by atoms with Gasteiger partial charge >= 0.3 is 12.5 Å². The minimum atomic E-state index is -5.01. The van der Waals surface area contributed by atoms with E-state index in [0.29, 0.717) is 42.0 Å². The summed E-state index contributed by atoms with van der Waals surface area (Å²) in [6.07, 6.45) is -5.47. The van der Waals surface area contributed by atoms with Crippen LogP contribution in [0.1, 0.15) is 34.3 Å². The molecule has 0 spiro atoms. The summed E-state index contributed by atoms with van der Waals surface area (Å²) in [6.45, 7) is -0.107. The van der Waals surface area contributed by atoms with Crippen LogP contribution in [0.2, 0.25) is 0 Å². The molecule has 2 aromatic rings. The summed E-state index contributed by atoms with van der Waals surface area (Å²) in [5.74, 6) is -2.89. The van der Waals surface area contributed by atoms with Crippen LogP contribution < -0.4 is 20.1 Å². The minimum Gasteiger partial charge on any atom is -0.493 e. The van der Waals surface area contributed by atoms with Crippen molar-refractivity contribution in [2.24, 2.45) is 0 Å². The molecule has 1 atom stereocenters. The number of alkyl halides is 3. The van der Waals surface area contributed by atoms with Gasteiger partial charge in [-0.2, -0.15) is 0 Å². The Hall–Kier alpha value is -4.36. The number of ether oxygens (including phenoxy) is 3. The third kappa shape index (κ3) is 6.12. The van der Waals surface area contributed by atoms with Gasteiger partial charge in [0.15, 0.2) is 0 Å². The van der Waals surface area contributed by atoms with Gasteiger partial charge in [0.2, 0.25) is 11.8 Å². The van der Waals surface area contributed by atoms with Gasteiger partial charge in [0.05, 0.1) is 12.3 Å². The van der Waals surface area contributed by atoms with Gasteiger partial charge in [0.1, 0.15) is 30.0 Å². The monoisotopic (exact) mass is 539 g/mol. The number of rotatable bonds is 6. The summed E-state index contributed by atoms with van der Waals surface area (Å²) in [7, 11) is 1.43. The summed E-state index contributed by atoms with van der Waals surface area (Å²) in [6, 6.07) is 4.25. The fourth-order valence-corrected chi connectivity index (χ4v) is 4.10. The number of fused-ring (bicyclic) bond motifs is 1. The summed E-state index contributed by atoms with van der Waals surface area (Å²) in [5.41, 5.74) is 0.552. The van der Waals surface area contributed by atoms with E-state index >= 15 is 0 Å². The number of hydrogen-bond donors (Lipinski definition) is 2. The molecule has 1 unspecified atom stereocenters. The summed E-state index contributed by atoms with van der Waals surface area (Å²) < 4.78 is 65.7. The first-order valence-electron chi connectivity index (χ1n) is 11.3. The number of likely N-dealkylation sites (N-methyl/N-ethyl adjacent to an activating group) is 1. The van der Waals surface area contributed by atoms with Crippen LogP contribution in [0, 0.1) is 5.82 Å². The summed E-state index contributed by atoms with van der Waals surface area (Å²) in [5, 5.41) is 4.20. The van der Waals surface area contributed by atoms with Crippen molar-refractivity contribution in [3.8, 4) is 11.5 Å². The molecule has 0 aromatic heterocycles. The van der Waals surface area contributed by atoms with Crippen LogP contribution in [0.5, 0.6) is 11.5 Å². The number of imide groups is 1. The lowest BCUT2D eigenvalue weighted by Gasteiger charge is -2.30. The highest BCUT2D eigenvalue weighted by atomic mass is 19.4. The van der Waals surface area contributed by atoms with E-state index in [-0.39, 0.29) is 18.4 Å². The quantitative estimate of drug-likeness (QED) is 0.427. The van der Waals surface area contributed by atoms with E-state index in [2.05, 4.69) is 10.1 Å². The smallest absolute Gasteiger partial charge is 0.493 e. The molecule has 1 saturated heterocycles. The molecular formula is C24H21F4N3O7.